The van der Waals surface area contributed by atoms with Crippen molar-refractivity contribution >= 4 is 10.3 Å². The zero-order valence-corrected chi connectivity index (χ0v) is 23.9. The molecule has 0 aromatic carbocycles. The summed E-state index contributed by atoms with van der Waals surface area (Å²) in [6.45, 7) is 12.3. The lowest BCUT2D eigenvalue weighted by atomic mass is 9.90. The molecule has 0 aromatic heterocycles. The van der Waals surface area contributed by atoms with Crippen LogP contribution >= 0.6 is 0 Å². The number of hydrogen-bond donors (Lipinski definition) is 1. The van der Waals surface area contributed by atoms with Crippen molar-refractivity contribution in [2.24, 2.45) is 0 Å². The summed E-state index contributed by atoms with van der Waals surface area (Å²) in [6.07, 6.45) is 1.76. The first kappa shape index (κ1) is 28.6. The maximum absolute atomic E-state index is 13.2. The van der Waals surface area contributed by atoms with Gasteiger partial charge in [-0.05, 0) is 66.8 Å². The molecule has 5 aliphatic rings. The van der Waals surface area contributed by atoms with E-state index in [0.29, 0.717) is 25.9 Å². The number of piperidine rings is 1. The Kier molecular flexibility index (Phi) is 7.65. The molecule has 0 bridgehead atoms. The van der Waals surface area contributed by atoms with Crippen LogP contribution < -0.4 is 5.32 Å². The van der Waals surface area contributed by atoms with E-state index in [1.807, 2.05) is 13.8 Å². The van der Waals surface area contributed by atoms with Crippen LogP contribution in [-0.2, 0) is 38.2 Å². The lowest BCUT2D eigenvalue weighted by molar-refractivity contribution is -0.290. The van der Waals surface area contributed by atoms with E-state index in [1.54, 1.807) is 13.8 Å². The Bertz CT molecular complexity index is 1020. The van der Waals surface area contributed by atoms with Crippen LogP contribution in [-0.4, -0.2) is 111 Å². The van der Waals surface area contributed by atoms with E-state index in [2.05, 4.69) is 23.2 Å². The predicted molar refractivity (Wildman–Crippen MR) is 135 cm³/mol. The molecule has 0 unspecified atom stereocenters. The summed E-state index contributed by atoms with van der Waals surface area (Å²) in [6, 6.07) is 2.38. The summed E-state index contributed by atoms with van der Waals surface area (Å²) in [5, 5.41) is 12.9. The van der Waals surface area contributed by atoms with Crippen molar-refractivity contribution in [2.75, 3.05) is 45.9 Å². The van der Waals surface area contributed by atoms with Gasteiger partial charge in [0.1, 0.15) is 24.9 Å². The summed E-state index contributed by atoms with van der Waals surface area (Å²) < 4.78 is 63.7. The molecule has 5 heterocycles. The van der Waals surface area contributed by atoms with Crippen molar-refractivity contribution in [3.8, 4) is 6.07 Å². The Balaban J connectivity index is 1.15. The molecule has 5 aliphatic heterocycles. The number of hydrogen-bond acceptors (Lipinski definition) is 11. The lowest BCUT2D eigenvalue weighted by Gasteiger charge is -2.41. The molecule has 5 rings (SSSR count). The van der Waals surface area contributed by atoms with Crippen molar-refractivity contribution in [1.29, 1.82) is 5.26 Å². The van der Waals surface area contributed by atoms with Crippen molar-refractivity contribution in [3.05, 3.63) is 0 Å². The van der Waals surface area contributed by atoms with Gasteiger partial charge in [0.2, 0.25) is 5.79 Å². The number of rotatable bonds is 8. The molecule has 0 amide bonds. The summed E-state index contributed by atoms with van der Waals surface area (Å²) in [7, 11) is -4.03. The first-order valence-corrected chi connectivity index (χ1v) is 15.0. The number of nitrogens with one attached hydrogen (secondary N) is 1. The Morgan fingerprint density at radius 3 is 2.50 bits per heavy atom. The topological polar surface area (TPSA) is 132 Å². The Morgan fingerprint density at radius 1 is 1.05 bits per heavy atom. The molecular formula is C25H42N4O8S. The standard InChI is InChI=1S/C25H42N4O8S/c1-22(2)34-19-16-32-25(21(20(19)35-22)36-23(3,4)37-25)17-33-38(30,31)29-12-8-24(5,9-13-29)27-10-14-28-11-6-7-18(28)15-26/h18-21,27H,6-14,16-17H2,1-5H3/t18-,19+,20+,21-,25-/m0/s1. The quantitative estimate of drug-likeness (QED) is 0.459. The van der Waals surface area contributed by atoms with Crippen molar-refractivity contribution in [2.45, 2.75) is 108 Å². The van der Waals surface area contributed by atoms with E-state index in [9.17, 15) is 13.7 Å². The smallest absolute Gasteiger partial charge is 0.338 e. The molecule has 5 saturated heterocycles. The maximum atomic E-state index is 13.2. The Hall–Kier alpha value is -0.920. The molecule has 216 valence electrons. The minimum Gasteiger partial charge on any atom is -0.343 e. The average molecular weight is 559 g/mol. The molecule has 5 atom stereocenters. The zero-order chi connectivity index (χ0) is 27.4. The minimum absolute atomic E-state index is 0.00547. The molecule has 0 radical (unpaired) electrons. The third kappa shape index (κ3) is 5.76. The first-order chi connectivity index (χ1) is 17.8. The van der Waals surface area contributed by atoms with E-state index in [1.165, 1.54) is 4.31 Å². The van der Waals surface area contributed by atoms with Crippen molar-refractivity contribution in [3.63, 3.8) is 0 Å². The second-order valence-electron chi connectivity index (χ2n) is 12.2. The highest BCUT2D eigenvalue weighted by atomic mass is 32.2. The van der Waals surface area contributed by atoms with Crippen LogP contribution in [0.15, 0.2) is 0 Å². The minimum atomic E-state index is -4.03. The zero-order valence-electron chi connectivity index (χ0n) is 23.1. The van der Waals surface area contributed by atoms with Crippen LogP contribution in [0.2, 0.25) is 0 Å². The van der Waals surface area contributed by atoms with E-state index < -0.39 is 39.9 Å². The Morgan fingerprint density at radius 2 is 1.79 bits per heavy atom. The molecule has 0 aliphatic carbocycles. The second-order valence-corrected chi connectivity index (χ2v) is 13.8. The fourth-order valence-electron chi connectivity index (χ4n) is 6.30. The second kappa shape index (κ2) is 10.2. The SMILES string of the molecule is CC1(NCCN2CCC[C@H]2C#N)CCN(S(=O)(=O)OC[C@@]23OC[C@H]4OC(C)(C)O[C@H]4[C@@H]2OC(C)(C)O3)CC1. The van der Waals surface area contributed by atoms with Crippen LogP contribution in [0.25, 0.3) is 0 Å². The molecule has 12 nitrogen and oxygen atoms in total. The fourth-order valence-corrected chi connectivity index (χ4v) is 7.39. The lowest BCUT2D eigenvalue weighted by Crippen LogP contribution is -2.61. The van der Waals surface area contributed by atoms with Gasteiger partial charge in [0.05, 0.1) is 18.7 Å². The number of nitriles is 1. The van der Waals surface area contributed by atoms with E-state index >= 15 is 0 Å². The van der Waals surface area contributed by atoms with E-state index in [4.69, 9.17) is 27.9 Å². The van der Waals surface area contributed by atoms with Crippen molar-refractivity contribution in [1.82, 2.24) is 14.5 Å². The molecule has 13 heteroatoms. The third-order valence-electron chi connectivity index (χ3n) is 8.29. The largest absolute Gasteiger partial charge is 0.343 e. The van der Waals surface area contributed by atoms with Crippen LogP contribution in [0.3, 0.4) is 0 Å². The van der Waals surface area contributed by atoms with Crippen LogP contribution in [0.1, 0.15) is 60.3 Å². The average Bonchev–Trinajstić information content (AvgIpc) is 3.49. The number of likely N-dealkylation sites (tertiary alicyclic amines) is 1. The molecule has 0 saturated carbocycles. The summed E-state index contributed by atoms with van der Waals surface area (Å²) in [4.78, 5) is 2.21. The monoisotopic (exact) mass is 558 g/mol. The predicted octanol–water partition coefficient (Wildman–Crippen LogP) is 1.08. The molecular weight excluding hydrogens is 516 g/mol. The molecule has 5 fully saturated rings. The molecule has 38 heavy (non-hydrogen) atoms. The van der Waals surface area contributed by atoms with Crippen molar-refractivity contribution < 1.29 is 36.3 Å². The van der Waals surface area contributed by atoms with E-state index in [0.717, 1.165) is 32.5 Å². The van der Waals surface area contributed by atoms with Gasteiger partial charge in [-0.3, -0.25) is 9.08 Å². The van der Waals surface area contributed by atoms with Gasteiger partial charge < -0.3 is 29.0 Å². The first-order valence-electron chi connectivity index (χ1n) is 13.7. The summed E-state index contributed by atoms with van der Waals surface area (Å²) >= 11 is 0. The molecule has 1 N–H and O–H groups in total. The van der Waals surface area contributed by atoms with Gasteiger partial charge in [0.25, 0.3) is 0 Å². The number of ether oxygens (including phenoxy) is 5. The number of nitrogens with zero attached hydrogens (tertiary/aromatic N) is 3. The van der Waals surface area contributed by atoms with Gasteiger partial charge in [-0.25, -0.2) is 0 Å². The summed E-state index contributed by atoms with van der Waals surface area (Å²) in [5.74, 6) is -3.24. The van der Waals surface area contributed by atoms with Gasteiger partial charge >= 0.3 is 10.3 Å². The highest BCUT2D eigenvalue weighted by molar-refractivity contribution is 7.84. The van der Waals surface area contributed by atoms with Gasteiger partial charge in [-0.15, -0.1) is 0 Å². The van der Waals surface area contributed by atoms with Gasteiger partial charge in [0, 0.05) is 31.7 Å². The number of fused-ring (bicyclic) bond motifs is 3. The van der Waals surface area contributed by atoms with Gasteiger partial charge in [-0.2, -0.15) is 18.0 Å². The molecule has 0 aromatic rings. The normalized spacial score (nSPS) is 38.5. The van der Waals surface area contributed by atoms with Gasteiger partial charge in [-0.1, -0.05) is 0 Å². The third-order valence-corrected chi connectivity index (χ3v) is 9.70. The highest BCUT2D eigenvalue weighted by Gasteiger charge is 2.66. The highest BCUT2D eigenvalue weighted by Crippen LogP contribution is 2.47. The van der Waals surface area contributed by atoms with E-state index in [-0.39, 0.29) is 30.9 Å². The van der Waals surface area contributed by atoms with Gasteiger partial charge in [0.15, 0.2) is 11.6 Å². The Labute approximate surface area is 226 Å². The molecule has 0 spiro atoms. The maximum Gasteiger partial charge on any atom is 0.338 e. The van der Waals surface area contributed by atoms with Crippen LogP contribution in [0.5, 0.6) is 0 Å². The van der Waals surface area contributed by atoms with Crippen LogP contribution in [0, 0.1) is 11.3 Å². The van der Waals surface area contributed by atoms with Crippen LogP contribution in [0.4, 0.5) is 0 Å². The summed E-state index contributed by atoms with van der Waals surface area (Å²) in [5.41, 5.74) is -0.182. The fraction of sp³-hybridized carbons (Fsp3) is 0.960.